The highest BCUT2D eigenvalue weighted by Gasteiger charge is 2.58. The van der Waals surface area contributed by atoms with Crippen molar-refractivity contribution in [3.05, 3.63) is 23.4 Å². The van der Waals surface area contributed by atoms with E-state index in [4.69, 9.17) is 0 Å². The fourth-order valence-electron chi connectivity index (χ4n) is 5.97. The Bertz CT molecular complexity index is 659. The van der Waals surface area contributed by atoms with Gasteiger partial charge in [0, 0.05) is 36.2 Å². The van der Waals surface area contributed by atoms with Gasteiger partial charge >= 0.3 is 0 Å². The topological polar surface area (TPSA) is 20.3 Å². The SMILES string of the molecule is CC1(C)CC(=O)C2C(C1)N1CCC3CCCC=C3C1=CC21SCCS1. The Kier molecular flexibility index (Phi) is 3.91. The number of Topliss-reactive ketones (excluding diaryl/α,β-unsaturated/α-hetero) is 1. The lowest BCUT2D eigenvalue weighted by Crippen LogP contribution is -2.60. The van der Waals surface area contributed by atoms with Gasteiger partial charge in [-0.2, -0.15) is 0 Å². The highest BCUT2D eigenvalue weighted by atomic mass is 32.2. The first-order valence-corrected chi connectivity index (χ1v) is 12.0. The number of hydrogen-bond donors (Lipinski definition) is 0. The number of ketones is 1. The van der Waals surface area contributed by atoms with Crippen LogP contribution in [-0.4, -0.2) is 38.9 Å². The van der Waals surface area contributed by atoms with E-state index in [2.05, 4.69) is 54.4 Å². The van der Waals surface area contributed by atoms with Gasteiger partial charge < -0.3 is 4.90 Å². The standard InChI is InChI=1S/C21H29NOS2/c1-20(2)11-17-19(18(23)13-20)21(24-9-10-25-21)12-16-15-6-4-3-5-14(15)7-8-22(16)17/h6,12,14,17,19H,3-5,7-11,13H2,1-2H3. The Morgan fingerprint density at radius 1 is 1.20 bits per heavy atom. The molecular weight excluding hydrogens is 346 g/mol. The second-order valence-corrected chi connectivity index (χ2v) is 12.3. The van der Waals surface area contributed by atoms with Gasteiger partial charge in [0.25, 0.3) is 0 Å². The molecule has 3 heterocycles. The molecule has 5 aliphatic rings. The zero-order valence-electron chi connectivity index (χ0n) is 15.4. The molecule has 3 fully saturated rings. The van der Waals surface area contributed by atoms with E-state index in [1.165, 1.54) is 49.3 Å². The number of piperidine rings is 1. The van der Waals surface area contributed by atoms with Crippen LogP contribution in [-0.2, 0) is 4.79 Å². The predicted molar refractivity (Wildman–Crippen MR) is 108 cm³/mol. The number of rotatable bonds is 0. The molecule has 3 unspecified atom stereocenters. The van der Waals surface area contributed by atoms with Gasteiger partial charge in [-0.05, 0) is 55.1 Å². The van der Waals surface area contributed by atoms with Crippen LogP contribution in [0.4, 0.5) is 0 Å². The number of carbonyl (C=O) groups excluding carboxylic acids is 1. The van der Waals surface area contributed by atoms with E-state index in [0.29, 0.717) is 11.8 Å². The van der Waals surface area contributed by atoms with Gasteiger partial charge in [0.2, 0.25) is 0 Å². The minimum absolute atomic E-state index is 0.0181. The smallest absolute Gasteiger partial charge is 0.141 e. The van der Waals surface area contributed by atoms with Gasteiger partial charge in [-0.25, -0.2) is 0 Å². The molecule has 0 aromatic heterocycles. The van der Waals surface area contributed by atoms with Crippen molar-refractivity contribution in [1.82, 2.24) is 4.90 Å². The summed E-state index contributed by atoms with van der Waals surface area (Å²) in [6.45, 7) is 5.75. The summed E-state index contributed by atoms with van der Waals surface area (Å²) in [5, 5.41) is 0. The molecule has 0 bridgehead atoms. The summed E-state index contributed by atoms with van der Waals surface area (Å²) in [5.74, 6) is 3.88. The number of carbonyl (C=O) groups is 1. The van der Waals surface area contributed by atoms with Crippen molar-refractivity contribution in [2.45, 2.75) is 62.5 Å². The molecule has 3 aliphatic heterocycles. The van der Waals surface area contributed by atoms with Crippen molar-refractivity contribution in [3.8, 4) is 0 Å². The fourth-order valence-corrected chi connectivity index (χ4v) is 9.44. The largest absolute Gasteiger partial charge is 0.368 e. The lowest BCUT2D eigenvalue weighted by atomic mass is 9.65. The molecular formula is C21H29NOS2. The van der Waals surface area contributed by atoms with Gasteiger partial charge in [-0.3, -0.25) is 4.79 Å². The minimum Gasteiger partial charge on any atom is -0.368 e. The maximum atomic E-state index is 13.3. The summed E-state index contributed by atoms with van der Waals surface area (Å²) in [7, 11) is 0. The Morgan fingerprint density at radius 3 is 2.80 bits per heavy atom. The number of hydrogen-bond acceptors (Lipinski definition) is 4. The monoisotopic (exact) mass is 375 g/mol. The molecule has 25 heavy (non-hydrogen) atoms. The van der Waals surface area contributed by atoms with Crippen molar-refractivity contribution in [3.63, 3.8) is 0 Å². The first-order chi connectivity index (χ1) is 12.0. The van der Waals surface area contributed by atoms with Crippen LogP contribution in [0.5, 0.6) is 0 Å². The van der Waals surface area contributed by atoms with Crippen LogP contribution >= 0.6 is 23.5 Å². The van der Waals surface area contributed by atoms with Crippen LogP contribution in [0.1, 0.15) is 52.4 Å². The molecule has 2 nitrogen and oxygen atoms in total. The molecule has 5 rings (SSSR count). The first kappa shape index (κ1) is 16.8. The average Bonchev–Trinajstić information content (AvgIpc) is 3.02. The molecule has 0 aromatic rings. The van der Waals surface area contributed by atoms with Crippen LogP contribution in [0.3, 0.4) is 0 Å². The summed E-state index contributed by atoms with van der Waals surface area (Å²) in [6, 6.07) is 0.415. The Labute approximate surface area is 160 Å². The number of thioether (sulfide) groups is 2. The first-order valence-electron chi connectivity index (χ1n) is 10.00. The van der Waals surface area contributed by atoms with Crippen molar-refractivity contribution in [1.29, 1.82) is 0 Å². The predicted octanol–water partition coefficient (Wildman–Crippen LogP) is 4.87. The third kappa shape index (κ3) is 2.57. The van der Waals surface area contributed by atoms with Gasteiger partial charge in [0.15, 0.2) is 0 Å². The summed E-state index contributed by atoms with van der Waals surface area (Å²) in [4.78, 5) is 15.9. The summed E-state index contributed by atoms with van der Waals surface area (Å²) < 4.78 is 0.0181. The quantitative estimate of drug-likeness (QED) is 0.602. The normalized spacial score (nSPS) is 38.6. The average molecular weight is 376 g/mol. The molecule has 2 aliphatic carbocycles. The van der Waals surface area contributed by atoms with Gasteiger partial charge in [0.05, 0.1) is 10.00 Å². The highest BCUT2D eigenvalue weighted by molar-refractivity contribution is 8.21. The highest BCUT2D eigenvalue weighted by Crippen LogP contribution is 2.60. The third-order valence-corrected chi connectivity index (χ3v) is 10.4. The molecule has 1 saturated carbocycles. The molecule has 0 radical (unpaired) electrons. The minimum atomic E-state index is 0.0181. The Hall–Kier alpha value is -0.350. The van der Waals surface area contributed by atoms with E-state index >= 15 is 0 Å². The summed E-state index contributed by atoms with van der Waals surface area (Å²) >= 11 is 4.12. The molecule has 0 amide bonds. The number of nitrogens with zero attached hydrogens (tertiary/aromatic N) is 1. The van der Waals surface area contributed by atoms with E-state index in [9.17, 15) is 4.79 Å². The van der Waals surface area contributed by atoms with Crippen LogP contribution in [0.25, 0.3) is 0 Å². The van der Waals surface area contributed by atoms with Crippen LogP contribution in [0.15, 0.2) is 23.4 Å². The zero-order valence-corrected chi connectivity index (χ0v) is 17.1. The van der Waals surface area contributed by atoms with E-state index in [0.717, 1.165) is 18.9 Å². The van der Waals surface area contributed by atoms with Crippen molar-refractivity contribution in [2.24, 2.45) is 17.3 Å². The van der Waals surface area contributed by atoms with E-state index < -0.39 is 0 Å². The van der Waals surface area contributed by atoms with Crippen LogP contribution < -0.4 is 0 Å². The van der Waals surface area contributed by atoms with Gasteiger partial charge in [-0.1, -0.05) is 19.9 Å². The lowest BCUT2D eigenvalue weighted by Gasteiger charge is -2.57. The van der Waals surface area contributed by atoms with E-state index in [1.807, 2.05) is 0 Å². The second-order valence-electron chi connectivity index (χ2n) is 9.27. The van der Waals surface area contributed by atoms with Crippen molar-refractivity contribution >= 4 is 29.3 Å². The Balaban J connectivity index is 1.64. The van der Waals surface area contributed by atoms with Crippen molar-refractivity contribution < 1.29 is 4.79 Å². The molecule has 4 heteroatoms. The van der Waals surface area contributed by atoms with Crippen LogP contribution in [0, 0.1) is 17.3 Å². The molecule has 3 atom stereocenters. The number of fused-ring (bicyclic) bond motifs is 6. The summed E-state index contributed by atoms with van der Waals surface area (Å²) in [6.07, 6.45) is 12.3. The maximum Gasteiger partial charge on any atom is 0.141 e. The van der Waals surface area contributed by atoms with Crippen LogP contribution in [0.2, 0.25) is 0 Å². The van der Waals surface area contributed by atoms with E-state index in [1.54, 1.807) is 5.57 Å². The molecule has 0 aromatic carbocycles. The van der Waals surface area contributed by atoms with Gasteiger partial charge in [-0.15, -0.1) is 23.5 Å². The second kappa shape index (κ2) is 5.82. The Morgan fingerprint density at radius 2 is 2.00 bits per heavy atom. The van der Waals surface area contributed by atoms with E-state index in [-0.39, 0.29) is 15.4 Å². The zero-order chi connectivity index (χ0) is 17.2. The molecule has 2 saturated heterocycles. The molecule has 136 valence electrons. The number of allylic oxidation sites excluding steroid dienone is 2. The third-order valence-electron chi connectivity index (χ3n) is 6.94. The van der Waals surface area contributed by atoms with Crippen molar-refractivity contribution in [2.75, 3.05) is 18.1 Å². The maximum absolute atomic E-state index is 13.3. The molecule has 1 spiro atoms. The summed E-state index contributed by atoms with van der Waals surface area (Å²) in [5.41, 5.74) is 3.29. The fraction of sp³-hybridized carbons (Fsp3) is 0.762. The molecule has 0 N–H and O–H groups in total. The van der Waals surface area contributed by atoms with Gasteiger partial charge in [0.1, 0.15) is 5.78 Å². The lowest BCUT2D eigenvalue weighted by molar-refractivity contribution is -0.132.